The molecule has 1 heterocycles. The van der Waals surface area contributed by atoms with Crippen LogP contribution in [0, 0.1) is 11.3 Å². The lowest BCUT2D eigenvalue weighted by Crippen LogP contribution is -2.48. The Kier molecular flexibility index (Phi) is 2.61. The summed E-state index contributed by atoms with van der Waals surface area (Å²) in [6.45, 7) is 8.46. The lowest BCUT2D eigenvalue weighted by atomic mass is 9.92. The predicted molar refractivity (Wildman–Crippen MR) is 55.8 cm³/mol. The Hall–Kier alpha value is -0.0800. The molecule has 1 saturated carbocycles. The van der Waals surface area contributed by atoms with Gasteiger partial charge in [-0.15, -0.1) is 0 Å². The van der Waals surface area contributed by atoms with Crippen LogP contribution < -0.4 is 10.6 Å². The zero-order valence-corrected chi connectivity index (χ0v) is 8.90. The van der Waals surface area contributed by atoms with Crippen molar-refractivity contribution in [2.24, 2.45) is 11.3 Å². The highest BCUT2D eigenvalue weighted by Crippen LogP contribution is 2.36. The molecule has 0 radical (unpaired) electrons. The Balaban J connectivity index is 1.65. The van der Waals surface area contributed by atoms with E-state index in [4.69, 9.17) is 0 Å². The summed E-state index contributed by atoms with van der Waals surface area (Å²) < 4.78 is 0. The molecule has 0 bridgehead atoms. The molecule has 2 rings (SSSR count). The van der Waals surface area contributed by atoms with E-state index in [0.717, 1.165) is 12.0 Å². The van der Waals surface area contributed by atoms with E-state index in [1.807, 2.05) is 0 Å². The average Bonchev–Trinajstić information content (AvgIpc) is 2.27. The third-order valence-corrected chi connectivity index (χ3v) is 3.53. The summed E-state index contributed by atoms with van der Waals surface area (Å²) in [5.41, 5.74) is 0.593. The van der Waals surface area contributed by atoms with Gasteiger partial charge >= 0.3 is 0 Å². The standard InChI is InChI=1S/C11H22N2/c1-11(2)4-3-10(5-11)13-8-9-6-12-7-9/h9-10,12-13H,3-8H2,1-2H3. The van der Waals surface area contributed by atoms with Gasteiger partial charge in [0, 0.05) is 25.7 Å². The summed E-state index contributed by atoms with van der Waals surface area (Å²) >= 11 is 0. The van der Waals surface area contributed by atoms with Gasteiger partial charge < -0.3 is 10.6 Å². The minimum atomic E-state index is 0.593. The average molecular weight is 182 g/mol. The molecule has 0 spiro atoms. The Bertz CT molecular complexity index is 173. The van der Waals surface area contributed by atoms with Crippen molar-refractivity contribution in [3.05, 3.63) is 0 Å². The molecule has 2 heteroatoms. The lowest BCUT2D eigenvalue weighted by molar-refractivity contribution is 0.306. The van der Waals surface area contributed by atoms with Gasteiger partial charge in [-0.3, -0.25) is 0 Å². The van der Waals surface area contributed by atoms with E-state index in [0.29, 0.717) is 5.41 Å². The summed E-state index contributed by atoms with van der Waals surface area (Å²) in [4.78, 5) is 0. The molecule has 1 aliphatic heterocycles. The van der Waals surface area contributed by atoms with Gasteiger partial charge in [-0.2, -0.15) is 0 Å². The van der Waals surface area contributed by atoms with Crippen molar-refractivity contribution in [3.8, 4) is 0 Å². The molecule has 2 fully saturated rings. The quantitative estimate of drug-likeness (QED) is 0.689. The molecule has 13 heavy (non-hydrogen) atoms. The maximum absolute atomic E-state index is 3.70. The second-order valence-electron chi connectivity index (χ2n) is 5.54. The summed E-state index contributed by atoms with van der Waals surface area (Å²) in [5, 5.41) is 7.01. The van der Waals surface area contributed by atoms with Gasteiger partial charge in [-0.1, -0.05) is 13.8 Å². The Morgan fingerprint density at radius 3 is 2.62 bits per heavy atom. The van der Waals surface area contributed by atoms with E-state index in [1.54, 1.807) is 0 Å². The van der Waals surface area contributed by atoms with Crippen LogP contribution in [0.15, 0.2) is 0 Å². The van der Waals surface area contributed by atoms with E-state index in [9.17, 15) is 0 Å². The second-order valence-corrected chi connectivity index (χ2v) is 5.54. The molecule has 0 aromatic rings. The molecule has 0 aromatic carbocycles. The summed E-state index contributed by atoms with van der Waals surface area (Å²) in [6.07, 6.45) is 4.15. The van der Waals surface area contributed by atoms with Crippen molar-refractivity contribution in [2.75, 3.05) is 19.6 Å². The van der Waals surface area contributed by atoms with E-state index in [1.165, 1.54) is 38.9 Å². The van der Waals surface area contributed by atoms with Gasteiger partial charge in [0.25, 0.3) is 0 Å². The number of nitrogens with one attached hydrogen (secondary N) is 2. The highest BCUT2D eigenvalue weighted by molar-refractivity contribution is 4.87. The van der Waals surface area contributed by atoms with Gasteiger partial charge in [-0.25, -0.2) is 0 Å². The van der Waals surface area contributed by atoms with Crippen molar-refractivity contribution in [1.82, 2.24) is 10.6 Å². The third-order valence-electron chi connectivity index (χ3n) is 3.53. The van der Waals surface area contributed by atoms with E-state index in [-0.39, 0.29) is 0 Å². The first kappa shape index (κ1) is 9.47. The van der Waals surface area contributed by atoms with Crippen LogP contribution in [0.3, 0.4) is 0 Å². The number of hydrogen-bond acceptors (Lipinski definition) is 2. The van der Waals surface area contributed by atoms with Crippen LogP contribution in [0.5, 0.6) is 0 Å². The fourth-order valence-electron chi connectivity index (χ4n) is 2.44. The Morgan fingerprint density at radius 1 is 1.38 bits per heavy atom. The van der Waals surface area contributed by atoms with Crippen LogP contribution in [-0.2, 0) is 0 Å². The molecular formula is C11H22N2. The third kappa shape index (κ3) is 2.44. The van der Waals surface area contributed by atoms with Crippen molar-refractivity contribution in [2.45, 2.75) is 39.2 Å². The first-order valence-corrected chi connectivity index (χ1v) is 5.60. The van der Waals surface area contributed by atoms with Crippen LogP contribution in [0.2, 0.25) is 0 Å². The van der Waals surface area contributed by atoms with Crippen LogP contribution in [-0.4, -0.2) is 25.7 Å². The van der Waals surface area contributed by atoms with Gasteiger partial charge in [0.2, 0.25) is 0 Å². The highest BCUT2D eigenvalue weighted by atomic mass is 15.0. The zero-order chi connectivity index (χ0) is 9.31. The van der Waals surface area contributed by atoms with Crippen LogP contribution in [0.4, 0.5) is 0 Å². The monoisotopic (exact) mass is 182 g/mol. The van der Waals surface area contributed by atoms with Gasteiger partial charge in [-0.05, 0) is 30.6 Å². The first-order valence-electron chi connectivity index (χ1n) is 5.60. The number of hydrogen-bond donors (Lipinski definition) is 2. The molecule has 2 nitrogen and oxygen atoms in total. The molecule has 2 aliphatic rings. The van der Waals surface area contributed by atoms with Crippen molar-refractivity contribution in [1.29, 1.82) is 0 Å². The summed E-state index contributed by atoms with van der Waals surface area (Å²) in [7, 11) is 0. The maximum atomic E-state index is 3.70. The molecule has 76 valence electrons. The summed E-state index contributed by atoms with van der Waals surface area (Å²) in [5.74, 6) is 0.906. The molecule has 0 aromatic heterocycles. The molecular weight excluding hydrogens is 160 g/mol. The Morgan fingerprint density at radius 2 is 2.15 bits per heavy atom. The zero-order valence-electron chi connectivity index (χ0n) is 8.90. The smallest absolute Gasteiger partial charge is 0.00724 e. The van der Waals surface area contributed by atoms with Crippen molar-refractivity contribution < 1.29 is 0 Å². The predicted octanol–water partition coefficient (Wildman–Crippen LogP) is 1.37. The van der Waals surface area contributed by atoms with Gasteiger partial charge in [0.15, 0.2) is 0 Å². The van der Waals surface area contributed by atoms with Gasteiger partial charge in [0.05, 0.1) is 0 Å². The minimum absolute atomic E-state index is 0.593. The maximum Gasteiger partial charge on any atom is 0.00724 e. The molecule has 1 unspecified atom stereocenters. The molecule has 0 amide bonds. The van der Waals surface area contributed by atoms with E-state index >= 15 is 0 Å². The number of rotatable bonds is 3. The van der Waals surface area contributed by atoms with E-state index < -0.39 is 0 Å². The fraction of sp³-hybridized carbons (Fsp3) is 1.00. The summed E-state index contributed by atoms with van der Waals surface area (Å²) in [6, 6.07) is 0.801. The highest BCUT2D eigenvalue weighted by Gasteiger charge is 2.31. The van der Waals surface area contributed by atoms with E-state index in [2.05, 4.69) is 24.5 Å². The van der Waals surface area contributed by atoms with Crippen molar-refractivity contribution >= 4 is 0 Å². The molecule has 1 saturated heterocycles. The topological polar surface area (TPSA) is 24.1 Å². The van der Waals surface area contributed by atoms with Crippen LogP contribution in [0.1, 0.15) is 33.1 Å². The Labute approximate surface area is 81.5 Å². The van der Waals surface area contributed by atoms with Crippen LogP contribution in [0.25, 0.3) is 0 Å². The van der Waals surface area contributed by atoms with Gasteiger partial charge in [0.1, 0.15) is 0 Å². The normalized spacial score (nSPS) is 33.2. The SMILES string of the molecule is CC1(C)CCC(NCC2CNC2)C1. The van der Waals surface area contributed by atoms with Crippen LogP contribution >= 0.6 is 0 Å². The molecule has 1 aliphatic carbocycles. The molecule has 1 atom stereocenters. The fourth-order valence-corrected chi connectivity index (χ4v) is 2.44. The second kappa shape index (κ2) is 3.58. The lowest BCUT2D eigenvalue weighted by Gasteiger charge is -2.29. The van der Waals surface area contributed by atoms with Crippen molar-refractivity contribution in [3.63, 3.8) is 0 Å². The largest absolute Gasteiger partial charge is 0.316 e. The molecule has 2 N–H and O–H groups in total. The first-order chi connectivity index (χ1) is 6.16. The minimum Gasteiger partial charge on any atom is -0.316 e.